The highest BCUT2D eigenvalue weighted by molar-refractivity contribution is 5.92. The molecule has 4 aliphatic rings. The summed E-state index contributed by atoms with van der Waals surface area (Å²) in [6.07, 6.45) is 1.23. The summed E-state index contributed by atoms with van der Waals surface area (Å²) in [7, 11) is 0. The molecule has 2 aliphatic carbocycles. The molecule has 2 aliphatic heterocycles. The fourth-order valence-corrected chi connectivity index (χ4v) is 9.97. The Bertz CT molecular complexity index is 2100. The number of rotatable bonds is 10. The predicted octanol–water partition coefficient (Wildman–Crippen LogP) is 7.71. The summed E-state index contributed by atoms with van der Waals surface area (Å²) in [4.78, 5) is 31.2. The van der Waals surface area contributed by atoms with Crippen LogP contribution in [-0.4, -0.2) is 70.2 Å². The standard InChI is InChI=1S/C45H43F3N2O5/c1-3-24-49-25-23-43-40-33-18-19-37(54-29(2)51)41(40)55-42(43)36(21-22-44(43,53)38(49)27-33)50(39(52)20-17-30-11-10-16-34(26-30)45(46,47)48)28-35(31-12-6-4-7-13-31)32-14-8-5-9-15-32/h3-20,26,35-36,38,42,53H,1,21-25,27-28H2,2H3/t36-,38-,42+,43+,44-/m1/s1. The number of hydrogen-bond donors (Lipinski definition) is 1. The Kier molecular flexibility index (Phi) is 9.46. The van der Waals surface area contributed by atoms with Crippen LogP contribution in [0, 0.1) is 0 Å². The number of benzene rings is 4. The molecule has 8 rings (SSSR count). The Hall–Kier alpha value is -5.19. The Morgan fingerprint density at radius 2 is 1.73 bits per heavy atom. The first kappa shape index (κ1) is 36.8. The maximum absolute atomic E-state index is 14.8. The van der Waals surface area contributed by atoms with Crippen LogP contribution in [-0.2, 0) is 27.6 Å². The summed E-state index contributed by atoms with van der Waals surface area (Å²) in [6, 6.07) is 27.6. The number of esters is 1. The number of carbonyl (C=O) groups is 2. The number of carbonyl (C=O) groups excluding carboxylic acids is 2. The lowest BCUT2D eigenvalue weighted by molar-refractivity contribution is -0.199. The summed E-state index contributed by atoms with van der Waals surface area (Å²) in [5.74, 6) is -0.461. The van der Waals surface area contributed by atoms with Crippen LogP contribution < -0.4 is 9.47 Å². The number of hydrogen-bond acceptors (Lipinski definition) is 6. The van der Waals surface area contributed by atoms with Gasteiger partial charge in [-0.15, -0.1) is 6.58 Å². The number of aliphatic hydroxyl groups is 1. The maximum Gasteiger partial charge on any atom is 0.416 e. The van der Waals surface area contributed by atoms with Gasteiger partial charge in [-0.1, -0.05) is 84.9 Å². The Morgan fingerprint density at radius 1 is 1.02 bits per heavy atom. The normalized spacial score (nSPS) is 25.3. The molecule has 1 amide bonds. The molecule has 10 heteroatoms. The van der Waals surface area contributed by atoms with Crippen LogP contribution in [0.25, 0.3) is 6.08 Å². The molecule has 0 radical (unpaired) electrons. The fraction of sp³-hybridized carbons (Fsp3) is 0.333. The molecule has 2 heterocycles. The van der Waals surface area contributed by atoms with Gasteiger partial charge < -0.3 is 19.5 Å². The van der Waals surface area contributed by atoms with Gasteiger partial charge in [-0.05, 0) is 78.8 Å². The van der Waals surface area contributed by atoms with Gasteiger partial charge in [0.25, 0.3) is 0 Å². The van der Waals surface area contributed by atoms with Crippen LogP contribution >= 0.6 is 0 Å². The Balaban J connectivity index is 1.26. The molecule has 4 aromatic rings. The van der Waals surface area contributed by atoms with Crippen LogP contribution in [0.15, 0.2) is 116 Å². The lowest BCUT2D eigenvalue weighted by Gasteiger charge is -2.64. The zero-order valence-electron chi connectivity index (χ0n) is 30.5. The van der Waals surface area contributed by atoms with Crippen molar-refractivity contribution in [3.8, 4) is 11.5 Å². The van der Waals surface area contributed by atoms with Crippen molar-refractivity contribution in [2.45, 2.75) is 73.9 Å². The average molecular weight is 749 g/mol. The molecule has 2 bridgehead atoms. The van der Waals surface area contributed by atoms with Gasteiger partial charge >= 0.3 is 12.1 Å². The van der Waals surface area contributed by atoms with Crippen LogP contribution in [0.2, 0.25) is 0 Å². The third-order valence-corrected chi connectivity index (χ3v) is 12.2. The van der Waals surface area contributed by atoms with E-state index >= 15 is 0 Å². The average Bonchev–Trinajstić information content (AvgIpc) is 3.53. The molecule has 0 unspecified atom stereocenters. The van der Waals surface area contributed by atoms with Crippen molar-refractivity contribution in [2.75, 3.05) is 19.6 Å². The molecule has 1 N–H and O–H groups in total. The molecule has 55 heavy (non-hydrogen) atoms. The van der Waals surface area contributed by atoms with E-state index in [0.29, 0.717) is 44.5 Å². The molecular formula is C45H43F3N2O5. The van der Waals surface area contributed by atoms with Crippen molar-refractivity contribution in [3.05, 3.63) is 149 Å². The van der Waals surface area contributed by atoms with Crippen LogP contribution in [0.4, 0.5) is 13.2 Å². The minimum atomic E-state index is -4.53. The predicted molar refractivity (Wildman–Crippen MR) is 203 cm³/mol. The van der Waals surface area contributed by atoms with Gasteiger partial charge in [0.15, 0.2) is 11.5 Å². The number of likely N-dealkylation sites (tertiary alicyclic amines) is 1. The smallest absolute Gasteiger partial charge is 0.416 e. The van der Waals surface area contributed by atoms with E-state index in [2.05, 4.69) is 11.5 Å². The van der Waals surface area contributed by atoms with Crippen molar-refractivity contribution in [3.63, 3.8) is 0 Å². The summed E-state index contributed by atoms with van der Waals surface area (Å²) >= 11 is 0. The Labute approximate surface area is 318 Å². The van der Waals surface area contributed by atoms with Crippen molar-refractivity contribution in [1.82, 2.24) is 9.80 Å². The molecule has 1 saturated carbocycles. The van der Waals surface area contributed by atoms with Gasteiger partial charge in [-0.3, -0.25) is 14.5 Å². The zero-order chi connectivity index (χ0) is 38.5. The first-order chi connectivity index (χ1) is 26.4. The molecule has 2 fully saturated rings. The number of amides is 1. The van der Waals surface area contributed by atoms with E-state index in [1.54, 1.807) is 11.0 Å². The van der Waals surface area contributed by atoms with Gasteiger partial charge in [0.1, 0.15) is 6.10 Å². The molecule has 7 nitrogen and oxygen atoms in total. The first-order valence-electron chi connectivity index (χ1n) is 18.8. The summed E-state index contributed by atoms with van der Waals surface area (Å²) in [5, 5.41) is 13.1. The summed E-state index contributed by atoms with van der Waals surface area (Å²) in [6.45, 7) is 6.80. The number of piperidine rings is 1. The highest BCUT2D eigenvalue weighted by atomic mass is 19.4. The van der Waals surface area contributed by atoms with Gasteiger partial charge in [0.05, 0.1) is 22.6 Å². The molecule has 4 aromatic carbocycles. The van der Waals surface area contributed by atoms with Gasteiger partial charge in [0.2, 0.25) is 5.91 Å². The second kappa shape index (κ2) is 14.1. The number of alkyl halides is 3. The van der Waals surface area contributed by atoms with E-state index in [1.807, 2.05) is 72.8 Å². The molecule has 284 valence electrons. The van der Waals surface area contributed by atoms with E-state index in [4.69, 9.17) is 9.47 Å². The largest absolute Gasteiger partial charge is 0.483 e. The minimum Gasteiger partial charge on any atom is -0.483 e. The highest BCUT2D eigenvalue weighted by Crippen LogP contribution is 2.66. The van der Waals surface area contributed by atoms with Crippen molar-refractivity contribution in [2.24, 2.45) is 0 Å². The zero-order valence-corrected chi connectivity index (χ0v) is 30.5. The van der Waals surface area contributed by atoms with E-state index < -0.39 is 46.8 Å². The molecule has 5 atom stereocenters. The van der Waals surface area contributed by atoms with Gasteiger partial charge in [0, 0.05) is 43.6 Å². The molecule has 0 aromatic heterocycles. The molecule has 1 spiro atoms. The van der Waals surface area contributed by atoms with Gasteiger partial charge in [-0.25, -0.2) is 0 Å². The van der Waals surface area contributed by atoms with Crippen molar-refractivity contribution in [1.29, 1.82) is 0 Å². The van der Waals surface area contributed by atoms with Crippen molar-refractivity contribution >= 4 is 18.0 Å². The number of ether oxygens (including phenoxy) is 2. The lowest BCUT2D eigenvalue weighted by atomic mass is 9.48. The fourth-order valence-electron chi connectivity index (χ4n) is 9.97. The second-order valence-electron chi connectivity index (χ2n) is 15.1. The van der Waals surface area contributed by atoms with E-state index in [-0.39, 0.29) is 29.8 Å². The molecular weight excluding hydrogens is 705 g/mol. The van der Waals surface area contributed by atoms with Crippen molar-refractivity contribution < 1.29 is 37.3 Å². The van der Waals surface area contributed by atoms with E-state index in [1.165, 1.54) is 31.2 Å². The second-order valence-corrected chi connectivity index (χ2v) is 15.1. The van der Waals surface area contributed by atoms with Crippen LogP contribution in [0.1, 0.15) is 65.5 Å². The van der Waals surface area contributed by atoms with E-state index in [0.717, 1.165) is 34.4 Å². The number of halogens is 3. The number of nitrogens with zero attached hydrogens (tertiary/aromatic N) is 2. The quantitative estimate of drug-likeness (QED) is 0.0775. The summed E-state index contributed by atoms with van der Waals surface area (Å²) < 4.78 is 53.6. The minimum absolute atomic E-state index is 0.227. The Morgan fingerprint density at radius 3 is 2.38 bits per heavy atom. The monoisotopic (exact) mass is 748 g/mol. The third kappa shape index (κ3) is 6.25. The van der Waals surface area contributed by atoms with Crippen LogP contribution in [0.5, 0.6) is 11.5 Å². The topological polar surface area (TPSA) is 79.3 Å². The highest BCUT2D eigenvalue weighted by Gasteiger charge is 2.73. The molecule has 1 saturated heterocycles. The van der Waals surface area contributed by atoms with Crippen LogP contribution in [0.3, 0.4) is 0 Å². The van der Waals surface area contributed by atoms with Gasteiger partial charge in [-0.2, -0.15) is 13.2 Å². The lowest BCUT2D eigenvalue weighted by Crippen LogP contribution is -2.78. The summed E-state index contributed by atoms with van der Waals surface area (Å²) in [5.41, 5.74) is 1.10. The van der Waals surface area contributed by atoms with E-state index in [9.17, 15) is 27.9 Å². The maximum atomic E-state index is 14.8. The third-order valence-electron chi connectivity index (χ3n) is 12.2. The first-order valence-corrected chi connectivity index (χ1v) is 18.8. The SMILES string of the molecule is C=CCN1CC[C@]23c4c5ccc(OC(C)=O)c4O[C@H]2[C@H](N(CC(c2ccccc2)c2ccccc2)C(=O)C=Cc2cccc(C(F)(F)F)c2)CC[C@@]3(O)[C@H]1C5.